The van der Waals surface area contributed by atoms with Crippen molar-refractivity contribution in [2.24, 2.45) is 0 Å². The molecule has 0 aliphatic heterocycles. The molecule has 0 spiro atoms. The van der Waals surface area contributed by atoms with Crippen molar-refractivity contribution in [1.82, 2.24) is 0 Å². The molecule has 1 nitrogen and oxygen atoms in total. The minimum absolute atomic E-state index is 0.482. The first-order valence-corrected chi connectivity index (χ1v) is 8.48. The molecule has 0 heterocycles. The second kappa shape index (κ2) is 15.5. The average Bonchev–Trinajstić information content (AvgIpc) is 2.41. The van der Waals surface area contributed by atoms with Crippen LogP contribution in [0.15, 0.2) is 12.2 Å². The minimum Gasteiger partial charge on any atom is -0.300 e. The molecule has 0 bridgehead atoms. The number of ketones is 1. The average molecular weight is 266 g/mol. The summed E-state index contributed by atoms with van der Waals surface area (Å²) >= 11 is 0. The summed E-state index contributed by atoms with van der Waals surface area (Å²) in [7, 11) is 0. The molecule has 0 radical (unpaired) electrons. The van der Waals surface area contributed by atoms with Gasteiger partial charge >= 0.3 is 0 Å². The molecule has 1 heteroatoms. The highest BCUT2D eigenvalue weighted by molar-refractivity contribution is 5.78. The van der Waals surface area contributed by atoms with Gasteiger partial charge in [0.05, 0.1) is 0 Å². The molecule has 0 aliphatic carbocycles. The SMILES string of the molecule is CCC/C=C/CCCCCCCC(=O)CCCCC. The molecule has 0 aromatic heterocycles. The third kappa shape index (κ3) is 15.4. The van der Waals surface area contributed by atoms with Crippen molar-refractivity contribution in [3.8, 4) is 0 Å². The summed E-state index contributed by atoms with van der Waals surface area (Å²) < 4.78 is 0. The fraction of sp³-hybridized carbons (Fsp3) is 0.833. The van der Waals surface area contributed by atoms with Crippen LogP contribution in [0.1, 0.15) is 97.3 Å². The van der Waals surface area contributed by atoms with E-state index in [4.69, 9.17) is 0 Å². The van der Waals surface area contributed by atoms with E-state index in [1.54, 1.807) is 0 Å². The van der Waals surface area contributed by atoms with Gasteiger partial charge in [-0.1, -0.05) is 64.5 Å². The smallest absolute Gasteiger partial charge is 0.132 e. The van der Waals surface area contributed by atoms with Crippen molar-refractivity contribution in [3.63, 3.8) is 0 Å². The van der Waals surface area contributed by atoms with E-state index in [1.807, 2.05) is 0 Å². The Hall–Kier alpha value is -0.590. The molecule has 0 amide bonds. The van der Waals surface area contributed by atoms with Crippen LogP contribution in [-0.4, -0.2) is 5.78 Å². The molecule has 0 unspecified atom stereocenters. The quantitative estimate of drug-likeness (QED) is 0.269. The largest absolute Gasteiger partial charge is 0.300 e. The summed E-state index contributed by atoms with van der Waals surface area (Å²) in [6.07, 6.45) is 19.7. The Morgan fingerprint density at radius 1 is 0.684 bits per heavy atom. The standard InChI is InChI=1S/C18H34O/c1-3-5-7-8-9-10-11-12-13-15-17-18(19)16-14-6-4-2/h7-8H,3-6,9-17H2,1-2H3/b8-7+. The summed E-state index contributed by atoms with van der Waals surface area (Å²) in [6.45, 7) is 4.40. The number of Topliss-reactive ketones (excluding diaryl/α,β-unsaturated/α-hetero) is 1. The van der Waals surface area contributed by atoms with Gasteiger partial charge in [0.2, 0.25) is 0 Å². The number of unbranched alkanes of at least 4 members (excludes halogenated alkanes) is 8. The molecule has 0 aromatic carbocycles. The van der Waals surface area contributed by atoms with Gasteiger partial charge in [-0.05, 0) is 32.1 Å². The van der Waals surface area contributed by atoms with Gasteiger partial charge in [0, 0.05) is 12.8 Å². The number of allylic oxidation sites excluding steroid dienone is 2. The molecule has 112 valence electrons. The molecule has 0 saturated carbocycles. The summed E-state index contributed by atoms with van der Waals surface area (Å²) in [4.78, 5) is 11.5. The predicted molar refractivity (Wildman–Crippen MR) is 85.5 cm³/mol. The lowest BCUT2D eigenvalue weighted by molar-refractivity contribution is -0.119. The zero-order chi connectivity index (χ0) is 14.2. The van der Waals surface area contributed by atoms with Crippen molar-refractivity contribution in [3.05, 3.63) is 12.2 Å². The normalized spacial score (nSPS) is 11.3. The topological polar surface area (TPSA) is 17.1 Å². The maximum absolute atomic E-state index is 11.5. The van der Waals surface area contributed by atoms with Gasteiger partial charge in [-0.2, -0.15) is 0 Å². The molecule has 0 atom stereocenters. The lowest BCUT2D eigenvalue weighted by Crippen LogP contribution is -1.97. The van der Waals surface area contributed by atoms with Crippen LogP contribution in [0.4, 0.5) is 0 Å². The van der Waals surface area contributed by atoms with E-state index in [0.717, 1.165) is 25.7 Å². The lowest BCUT2D eigenvalue weighted by atomic mass is 10.0. The molecule has 19 heavy (non-hydrogen) atoms. The molecule has 0 aliphatic rings. The second-order valence-corrected chi connectivity index (χ2v) is 5.56. The van der Waals surface area contributed by atoms with Gasteiger partial charge < -0.3 is 0 Å². The fourth-order valence-electron chi connectivity index (χ4n) is 2.21. The maximum Gasteiger partial charge on any atom is 0.132 e. The molecule has 0 rings (SSSR count). The van der Waals surface area contributed by atoms with Gasteiger partial charge in [0.15, 0.2) is 0 Å². The van der Waals surface area contributed by atoms with Crippen LogP contribution in [0.2, 0.25) is 0 Å². The highest BCUT2D eigenvalue weighted by Crippen LogP contribution is 2.10. The van der Waals surface area contributed by atoms with Crippen LogP contribution in [-0.2, 0) is 4.79 Å². The van der Waals surface area contributed by atoms with Crippen LogP contribution < -0.4 is 0 Å². The molecule has 0 N–H and O–H groups in total. The molecular formula is C18H34O. The summed E-state index contributed by atoms with van der Waals surface area (Å²) in [5.74, 6) is 0.482. The molecular weight excluding hydrogens is 232 g/mol. The van der Waals surface area contributed by atoms with Crippen LogP contribution in [0.25, 0.3) is 0 Å². The first-order chi connectivity index (χ1) is 9.31. The van der Waals surface area contributed by atoms with E-state index < -0.39 is 0 Å². The van der Waals surface area contributed by atoms with Gasteiger partial charge in [0.25, 0.3) is 0 Å². The first-order valence-electron chi connectivity index (χ1n) is 8.48. The van der Waals surface area contributed by atoms with E-state index >= 15 is 0 Å². The third-order valence-corrected chi connectivity index (χ3v) is 3.51. The van der Waals surface area contributed by atoms with Crippen molar-refractivity contribution in [2.75, 3.05) is 0 Å². The molecule has 0 aromatic rings. The first kappa shape index (κ1) is 18.4. The number of hydrogen-bond acceptors (Lipinski definition) is 1. The zero-order valence-electron chi connectivity index (χ0n) is 13.3. The van der Waals surface area contributed by atoms with E-state index in [-0.39, 0.29) is 0 Å². The van der Waals surface area contributed by atoms with Gasteiger partial charge in [-0.3, -0.25) is 4.79 Å². The third-order valence-electron chi connectivity index (χ3n) is 3.51. The number of hydrogen-bond donors (Lipinski definition) is 0. The maximum atomic E-state index is 11.5. The van der Waals surface area contributed by atoms with Crippen molar-refractivity contribution in [1.29, 1.82) is 0 Å². The van der Waals surface area contributed by atoms with Crippen LogP contribution in [0.3, 0.4) is 0 Å². The molecule has 0 saturated heterocycles. The fourth-order valence-corrected chi connectivity index (χ4v) is 2.21. The van der Waals surface area contributed by atoms with Crippen molar-refractivity contribution >= 4 is 5.78 Å². The highest BCUT2D eigenvalue weighted by atomic mass is 16.1. The Bertz CT molecular complexity index is 218. The lowest BCUT2D eigenvalue weighted by Gasteiger charge is -2.01. The van der Waals surface area contributed by atoms with Gasteiger partial charge in [-0.25, -0.2) is 0 Å². The Morgan fingerprint density at radius 3 is 1.95 bits per heavy atom. The van der Waals surface area contributed by atoms with Crippen LogP contribution >= 0.6 is 0 Å². The van der Waals surface area contributed by atoms with Crippen LogP contribution in [0, 0.1) is 0 Å². The van der Waals surface area contributed by atoms with Gasteiger partial charge in [-0.15, -0.1) is 0 Å². The molecule has 0 fully saturated rings. The Labute approximate surface area is 120 Å². The van der Waals surface area contributed by atoms with E-state index in [9.17, 15) is 4.79 Å². The van der Waals surface area contributed by atoms with E-state index in [1.165, 1.54) is 57.8 Å². The highest BCUT2D eigenvalue weighted by Gasteiger charge is 2.00. The summed E-state index contributed by atoms with van der Waals surface area (Å²) in [6, 6.07) is 0. The number of carbonyl (C=O) groups excluding carboxylic acids is 1. The Morgan fingerprint density at radius 2 is 1.26 bits per heavy atom. The monoisotopic (exact) mass is 266 g/mol. The van der Waals surface area contributed by atoms with Crippen molar-refractivity contribution < 1.29 is 4.79 Å². The van der Waals surface area contributed by atoms with Gasteiger partial charge in [0.1, 0.15) is 5.78 Å². The Balaban J connectivity index is 3.15. The van der Waals surface area contributed by atoms with E-state index in [0.29, 0.717) is 5.78 Å². The second-order valence-electron chi connectivity index (χ2n) is 5.56. The minimum atomic E-state index is 0.482. The summed E-state index contributed by atoms with van der Waals surface area (Å²) in [5.41, 5.74) is 0. The number of carbonyl (C=O) groups is 1. The number of rotatable bonds is 14. The predicted octanol–water partition coefficient (Wildman–Crippen LogP) is 6.22. The zero-order valence-corrected chi connectivity index (χ0v) is 13.3. The van der Waals surface area contributed by atoms with Crippen LogP contribution in [0.5, 0.6) is 0 Å². The summed E-state index contributed by atoms with van der Waals surface area (Å²) in [5, 5.41) is 0. The Kier molecular flexibility index (Phi) is 15.0. The van der Waals surface area contributed by atoms with Crippen molar-refractivity contribution in [2.45, 2.75) is 97.3 Å². The van der Waals surface area contributed by atoms with E-state index in [2.05, 4.69) is 26.0 Å².